The van der Waals surface area contributed by atoms with Crippen LogP contribution in [0.1, 0.15) is 47.8 Å². The third kappa shape index (κ3) is 4.67. The summed E-state index contributed by atoms with van der Waals surface area (Å²) in [5, 5.41) is 0. The van der Waals surface area contributed by atoms with E-state index in [9.17, 15) is 13.2 Å². The van der Waals surface area contributed by atoms with Crippen LogP contribution in [-0.2, 0) is 15.4 Å². The summed E-state index contributed by atoms with van der Waals surface area (Å²) in [6.07, 6.45) is 0. The highest BCUT2D eigenvalue weighted by atomic mass is 32.2. The van der Waals surface area contributed by atoms with E-state index in [1.165, 1.54) is 6.07 Å². The zero-order valence-electron chi connectivity index (χ0n) is 15.2. The van der Waals surface area contributed by atoms with Gasteiger partial charge in [0.15, 0.2) is 0 Å². The molecule has 0 aliphatic heterocycles. The minimum Gasteiger partial charge on any atom is -0.273 e. The molecule has 1 amide bonds. The van der Waals surface area contributed by atoms with Gasteiger partial charge in [-0.3, -0.25) is 10.2 Å². The zero-order valence-corrected chi connectivity index (χ0v) is 16.0. The monoisotopic (exact) mass is 360 g/mol. The van der Waals surface area contributed by atoms with Crippen LogP contribution < -0.4 is 10.3 Å². The lowest BCUT2D eigenvalue weighted by molar-refractivity contribution is 0.0945. The van der Waals surface area contributed by atoms with E-state index in [1.54, 1.807) is 31.2 Å². The first kappa shape index (κ1) is 19.1. The minimum absolute atomic E-state index is 0.0143. The number of benzene rings is 2. The van der Waals surface area contributed by atoms with Crippen LogP contribution in [0, 0.1) is 13.8 Å². The van der Waals surface area contributed by atoms with Crippen molar-refractivity contribution in [2.24, 2.45) is 0 Å². The lowest BCUT2D eigenvalue weighted by Gasteiger charge is -2.19. The van der Waals surface area contributed by atoms with Crippen molar-refractivity contribution < 1.29 is 13.2 Å². The second-order valence-electron chi connectivity index (χ2n) is 7.16. The Labute approximate surface area is 149 Å². The molecule has 0 aromatic heterocycles. The van der Waals surface area contributed by atoms with Crippen molar-refractivity contribution in [2.75, 3.05) is 0 Å². The number of sulfonamides is 1. The molecular formula is C19H24N2O3S. The first-order valence-corrected chi connectivity index (χ1v) is 9.49. The molecule has 0 radical (unpaired) electrons. The van der Waals surface area contributed by atoms with Crippen LogP contribution in [0.15, 0.2) is 47.4 Å². The van der Waals surface area contributed by atoms with Crippen molar-refractivity contribution in [2.45, 2.75) is 44.9 Å². The molecule has 0 aliphatic carbocycles. The number of hydrogen-bond donors (Lipinski definition) is 2. The maximum atomic E-state index is 12.4. The Hall–Kier alpha value is -2.18. The Morgan fingerprint density at radius 2 is 1.56 bits per heavy atom. The number of nitrogens with one attached hydrogen (secondary N) is 2. The second-order valence-corrected chi connectivity index (χ2v) is 8.81. The van der Waals surface area contributed by atoms with Gasteiger partial charge in [0, 0.05) is 5.56 Å². The molecule has 134 valence electrons. The molecule has 2 aromatic carbocycles. The van der Waals surface area contributed by atoms with Crippen molar-refractivity contribution in [3.8, 4) is 0 Å². The molecule has 25 heavy (non-hydrogen) atoms. The molecule has 0 fully saturated rings. The predicted octanol–water partition coefficient (Wildman–Crippen LogP) is 3.22. The Balaban J connectivity index is 2.11. The number of amides is 1. The number of carbonyl (C=O) groups excluding carboxylic acids is 1. The molecular weight excluding hydrogens is 336 g/mol. The first-order chi connectivity index (χ1) is 11.5. The molecule has 0 bridgehead atoms. The minimum atomic E-state index is -3.82. The highest BCUT2D eigenvalue weighted by molar-refractivity contribution is 7.89. The largest absolute Gasteiger partial charge is 0.273 e. The number of rotatable bonds is 4. The summed E-state index contributed by atoms with van der Waals surface area (Å²) in [6, 6.07) is 12.1. The molecule has 0 unspecified atom stereocenters. The van der Waals surface area contributed by atoms with Gasteiger partial charge in [0.05, 0.1) is 4.90 Å². The standard InChI is InChI=1S/C19H24N2O3S/c1-13-6-11-17(14(2)12-13)25(23,24)21-20-18(22)15-7-9-16(10-8-15)19(3,4)5/h6-12,21H,1-5H3,(H,20,22). The van der Waals surface area contributed by atoms with Crippen LogP contribution >= 0.6 is 0 Å². The summed E-state index contributed by atoms with van der Waals surface area (Å²) in [6.45, 7) is 9.86. The topological polar surface area (TPSA) is 75.3 Å². The van der Waals surface area contributed by atoms with Gasteiger partial charge in [0.1, 0.15) is 0 Å². The van der Waals surface area contributed by atoms with Crippen LogP contribution in [0.3, 0.4) is 0 Å². The van der Waals surface area contributed by atoms with Gasteiger partial charge in [0.25, 0.3) is 15.9 Å². The maximum absolute atomic E-state index is 12.4. The van der Waals surface area contributed by atoms with Crippen molar-refractivity contribution >= 4 is 15.9 Å². The third-order valence-electron chi connectivity index (χ3n) is 3.93. The number of carbonyl (C=O) groups is 1. The van der Waals surface area contributed by atoms with Crippen molar-refractivity contribution in [3.63, 3.8) is 0 Å². The van der Waals surface area contributed by atoms with Crippen LogP contribution in [0.4, 0.5) is 0 Å². The smallest absolute Gasteiger partial charge is 0.266 e. The van der Waals surface area contributed by atoms with E-state index in [-0.39, 0.29) is 10.3 Å². The molecule has 0 aliphatic rings. The summed E-state index contributed by atoms with van der Waals surface area (Å²) in [7, 11) is -3.82. The Kier molecular flexibility index (Phi) is 5.34. The molecule has 5 nitrogen and oxygen atoms in total. The molecule has 0 heterocycles. The fraction of sp³-hybridized carbons (Fsp3) is 0.316. The predicted molar refractivity (Wildman–Crippen MR) is 98.8 cm³/mol. The SMILES string of the molecule is Cc1ccc(S(=O)(=O)NNC(=O)c2ccc(C(C)(C)C)cc2)c(C)c1. The normalized spacial score (nSPS) is 12.0. The summed E-state index contributed by atoms with van der Waals surface area (Å²) >= 11 is 0. The molecule has 0 saturated carbocycles. The average Bonchev–Trinajstić information content (AvgIpc) is 2.51. The van der Waals surface area contributed by atoms with Crippen LogP contribution in [-0.4, -0.2) is 14.3 Å². The third-order valence-corrected chi connectivity index (χ3v) is 5.34. The molecule has 0 atom stereocenters. The van der Waals surface area contributed by atoms with Gasteiger partial charge in [-0.25, -0.2) is 8.42 Å². The van der Waals surface area contributed by atoms with Crippen molar-refractivity contribution in [1.82, 2.24) is 10.3 Å². The number of hydrazine groups is 1. The first-order valence-electron chi connectivity index (χ1n) is 8.01. The zero-order chi connectivity index (χ0) is 18.8. The fourth-order valence-electron chi connectivity index (χ4n) is 2.46. The highest BCUT2D eigenvalue weighted by Gasteiger charge is 2.19. The lowest BCUT2D eigenvalue weighted by Crippen LogP contribution is -2.41. The Morgan fingerprint density at radius 3 is 2.08 bits per heavy atom. The van der Waals surface area contributed by atoms with Gasteiger partial charge in [-0.2, -0.15) is 0 Å². The quantitative estimate of drug-likeness (QED) is 0.822. The average molecular weight is 360 g/mol. The van der Waals surface area contributed by atoms with E-state index in [4.69, 9.17) is 0 Å². The van der Waals surface area contributed by atoms with Crippen LogP contribution in [0.25, 0.3) is 0 Å². The van der Waals surface area contributed by atoms with E-state index in [1.807, 2.05) is 19.1 Å². The van der Waals surface area contributed by atoms with E-state index >= 15 is 0 Å². The number of hydrogen-bond acceptors (Lipinski definition) is 3. The van der Waals surface area contributed by atoms with E-state index < -0.39 is 15.9 Å². The van der Waals surface area contributed by atoms with Gasteiger partial charge in [0.2, 0.25) is 0 Å². The second kappa shape index (κ2) is 6.98. The summed E-state index contributed by atoms with van der Waals surface area (Å²) in [5.41, 5.74) is 5.32. The Bertz CT molecular complexity index is 880. The maximum Gasteiger partial charge on any atom is 0.266 e. The number of aryl methyl sites for hydroxylation is 2. The molecule has 2 rings (SSSR count). The van der Waals surface area contributed by atoms with Gasteiger partial charge < -0.3 is 0 Å². The molecule has 2 aromatic rings. The molecule has 6 heteroatoms. The van der Waals surface area contributed by atoms with Crippen LogP contribution in [0.2, 0.25) is 0 Å². The van der Waals surface area contributed by atoms with Gasteiger partial charge in [-0.15, -0.1) is 4.83 Å². The van der Waals surface area contributed by atoms with Crippen molar-refractivity contribution in [3.05, 3.63) is 64.7 Å². The highest BCUT2D eigenvalue weighted by Crippen LogP contribution is 2.22. The van der Waals surface area contributed by atoms with E-state index in [2.05, 4.69) is 31.0 Å². The Morgan fingerprint density at radius 1 is 0.960 bits per heavy atom. The summed E-state index contributed by atoms with van der Waals surface area (Å²) < 4.78 is 24.7. The lowest BCUT2D eigenvalue weighted by atomic mass is 9.87. The van der Waals surface area contributed by atoms with E-state index in [0.29, 0.717) is 11.1 Å². The molecule has 0 saturated heterocycles. The van der Waals surface area contributed by atoms with Gasteiger partial charge >= 0.3 is 0 Å². The van der Waals surface area contributed by atoms with Crippen molar-refractivity contribution in [1.29, 1.82) is 0 Å². The molecule has 0 spiro atoms. The summed E-state index contributed by atoms with van der Waals surface area (Å²) in [4.78, 5) is 14.5. The van der Waals surface area contributed by atoms with Gasteiger partial charge in [-0.1, -0.05) is 50.6 Å². The fourth-order valence-corrected chi connectivity index (χ4v) is 3.53. The van der Waals surface area contributed by atoms with E-state index in [0.717, 1.165) is 11.1 Å². The van der Waals surface area contributed by atoms with Crippen LogP contribution in [0.5, 0.6) is 0 Å². The molecule has 2 N–H and O–H groups in total. The van der Waals surface area contributed by atoms with Gasteiger partial charge in [-0.05, 0) is 48.6 Å². The summed E-state index contributed by atoms with van der Waals surface area (Å²) in [5.74, 6) is -0.506.